The van der Waals surface area contributed by atoms with Gasteiger partial charge >= 0.3 is 0 Å². The number of aromatic nitrogens is 3. The third-order valence-corrected chi connectivity index (χ3v) is 3.17. The summed E-state index contributed by atoms with van der Waals surface area (Å²) in [7, 11) is 2.01. The lowest BCUT2D eigenvalue weighted by atomic mass is 10.2. The molecule has 0 saturated carbocycles. The molecule has 1 aromatic carbocycles. The zero-order valence-corrected chi connectivity index (χ0v) is 11.2. The molecule has 100 valence electrons. The number of fused-ring (bicyclic) bond motifs is 1. The van der Waals surface area contributed by atoms with Crippen molar-refractivity contribution in [2.75, 3.05) is 17.7 Å². The molecule has 0 aliphatic carbocycles. The number of anilines is 2. The van der Waals surface area contributed by atoms with Crippen LogP contribution < -0.4 is 10.6 Å². The number of hydrogen-bond donors (Lipinski definition) is 1. The number of nitrogen functional groups attached to an aromatic ring is 1. The van der Waals surface area contributed by atoms with Crippen molar-refractivity contribution in [3.8, 4) is 0 Å². The molecule has 0 aliphatic heterocycles. The Balaban J connectivity index is 1.97. The zero-order chi connectivity index (χ0) is 13.9. The third-order valence-electron chi connectivity index (χ3n) is 3.17. The molecular weight excluding hydrogens is 250 g/mol. The Bertz CT molecular complexity index is 727. The number of nitrogens with zero attached hydrogens (tertiary/aromatic N) is 4. The summed E-state index contributed by atoms with van der Waals surface area (Å²) in [6.07, 6.45) is 5.16. The van der Waals surface area contributed by atoms with Crippen LogP contribution in [-0.4, -0.2) is 22.0 Å². The largest absolute Gasteiger partial charge is 0.399 e. The fourth-order valence-electron chi connectivity index (χ4n) is 2.20. The van der Waals surface area contributed by atoms with E-state index in [4.69, 9.17) is 5.73 Å². The van der Waals surface area contributed by atoms with Crippen LogP contribution in [0.15, 0.2) is 49.1 Å². The highest BCUT2D eigenvalue weighted by molar-refractivity contribution is 5.91. The second-order valence-electron chi connectivity index (χ2n) is 4.69. The number of hydrogen-bond acceptors (Lipinski definition) is 5. The Morgan fingerprint density at radius 1 is 1.10 bits per heavy atom. The predicted octanol–water partition coefficient (Wildman–Crippen LogP) is 2.24. The molecule has 2 aromatic heterocycles. The van der Waals surface area contributed by atoms with Gasteiger partial charge in [-0.15, -0.1) is 0 Å². The Morgan fingerprint density at radius 3 is 2.70 bits per heavy atom. The van der Waals surface area contributed by atoms with E-state index >= 15 is 0 Å². The number of rotatable bonds is 3. The van der Waals surface area contributed by atoms with Gasteiger partial charge in [-0.05, 0) is 35.9 Å². The normalized spacial score (nSPS) is 10.7. The molecule has 5 heteroatoms. The van der Waals surface area contributed by atoms with E-state index in [-0.39, 0.29) is 0 Å². The third kappa shape index (κ3) is 2.38. The van der Waals surface area contributed by atoms with Crippen LogP contribution in [0.2, 0.25) is 0 Å². The topological polar surface area (TPSA) is 67.9 Å². The molecular formula is C15H15N5. The summed E-state index contributed by atoms with van der Waals surface area (Å²) in [4.78, 5) is 14.8. The van der Waals surface area contributed by atoms with E-state index in [1.807, 2.05) is 37.4 Å². The molecule has 0 bridgehead atoms. The van der Waals surface area contributed by atoms with Crippen molar-refractivity contribution in [1.82, 2.24) is 15.0 Å². The molecule has 3 aromatic rings. The van der Waals surface area contributed by atoms with Crippen LogP contribution in [-0.2, 0) is 6.54 Å². The Hall–Kier alpha value is -2.69. The second-order valence-corrected chi connectivity index (χ2v) is 4.69. The van der Waals surface area contributed by atoms with Crippen molar-refractivity contribution in [1.29, 1.82) is 0 Å². The molecule has 0 spiro atoms. The van der Waals surface area contributed by atoms with Crippen LogP contribution in [0, 0.1) is 0 Å². The van der Waals surface area contributed by atoms with Gasteiger partial charge in [-0.1, -0.05) is 0 Å². The number of pyridine rings is 1. The SMILES string of the molecule is CN(Cc1ccncc1)c1ncnc2cc(N)ccc12. The van der Waals surface area contributed by atoms with Crippen LogP contribution in [0.3, 0.4) is 0 Å². The van der Waals surface area contributed by atoms with Gasteiger partial charge in [-0.3, -0.25) is 4.98 Å². The van der Waals surface area contributed by atoms with Crippen LogP contribution in [0.1, 0.15) is 5.56 Å². The van der Waals surface area contributed by atoms with Gasteiger partial charge in [0.1, 0.15) is 12.1 Å². The Labute approximate surface area is 117 Å². The van der Waals surface area contributed by atoms with Crippen molar-refractivity contribution < 1.29 is 0 Å². The van der Waals surface area contributed by atoms with E-state index < -0.39 is 0 Å². The lowest BCUT2D eigenvalue weighted by Crippen LogP contribution is -2.18. The summed E-state index contributed by atoms with van der Waals surface area (Å²) < 4.78 is 0. The van der Waals surface area contributed by atoms with Gasteiger partial charge in [0, 0.05) is 37.1 Å². The van der Waals surface area contributed by atoms with Gasteiger partial charge in [-0.2, -0.15) is 0 Å². The molecule has 3 rings (SSSR count). The minimum absolute atomic E-state index is 0.707. The average molecular weight is 265 g/mol. The van der Waals surface area contributed by atoms with E-state index in [2.05, 4.69) is 19.9 Å². The minimum Gasteiger partial charge on any atom is -0.399 e. The van der Waals surface area contributed by atoms with Crippen LogP contribution in [0.25, 0.3) is 10.9 Å². The van der Waals surface area contributed by atoms with Crippen LogP contribution in [0.4, 0.5) is 11.5 Å². The second kappa shape index (κ2) is 5.13. The highest BCUT2D eigenvalue weighted by atomic mass is 15.2. The smallest absolute Gasteiger partial charge is 0.139 e. The van der Waals surface area contributed by atoms with Gasteiger partial charge in [-0.25, -0.2) is 9.97 Å². The maximum atomic E-state index is 5.79. The molecule has 0 aliphatic rings. The summed E-state index contributed by atoms with van der Waals surface area (Å²) in [6, 6.07) is 9.69. The summed E-state index contributed by atoms with van der Waals surface area (Å²) in [5.41, 5.74) is 8.54. The van der Waals surface area contributed by atoms with Gasteiger partial charge in [0.15, 0.2) is 0 Å². The standard InChI is InChI=1S/C15H15N5/c1-20(9-11-4-6-17-7-5-11)15-13-3-2-12(16)8-14(13)18-10-19-15/h2-8,10H,9,16H2,1H3. The van der Waals surface area contributed by atoms with Crippen molar-refractivity contribution in [2.45, 2.75) is 6.54 Å². The van der Waals surface area contributed by atoms with Crippen molar-refractivity contribution >= 4 is 22.4 Å². The fraction of sp³-hybridized carbons (Fsp3) is 0.133. The first-order valence-corrected chi connectivity index (χ1v) is 6.34. The maximum absolute atomic E-state index is 5.79. The summed E-state index contributed by atoms with van der Waals surface area (Å²) in [5.74, 6) is 0.895. The molecule has 20 heavy (non-hydrogen) atoms. The first kappa shape index (κ1) is 12.3. The zero-order valence-electron chi connectivity index (χ0n) is 11.2. The number of nitrogens with two attached hydrogens (primary N) is 1. The molecule has 2 N–H and O–H groups in total. The lowest BCUT2D eigenvalue weighted by molar-refractivity contribution is 0.897. The van der Waals surface area contributed by atoms with E-state index in [1.165, 1.54) is 5.56 Å². The average Bonchev–Trinajstić information content (AvgIpc) is 2.47. The summed E-state index contributed by atoms with van der Waals surface area (Å²) >= 11 is 0. The van der Waals surface area contributed by atoms with Gasteiger partial charge in [0.05, 0.1) is 5.52 Å². The first-order chi connectivity index (χ1) is 9.74. The summed E-state index contributed by atoms with van der Waals surface area (Å²) in [5, 5.41) is 0.998. The molecule has 0 amide bonds. The molecule has 0 saturated heterocycles. The highest BCUT2D eigenvalue weighted by Gasteiger charge is 2.09. The van der Waals surface area contributed by atoms with E-state index in [9.17, 15) is 0 Å². The number of benzene rings is 1. The van der Waals surface area contributed by atoms with Crippen molar-refractivity contribution in [3.05, 3.63) is 54.6 Å². The van der Waals surface area contributed by atoms with E-state index in [0.29, 0.717) is 5.69 Å². The lowest BCUT2D eigenvalue weighted by Gasteiger charge is -2.19. The quantitative estimate of drug-likeness (QED) is 0.736. The van der Waals surface area contributed by atoms with Gasteiger partial charge < -0.3 is 10.6 Å². The molecule has 0 radical (unpaired) electrons. The van der Waals surface area contributed by atoms with Gasteiger partial charge in [0.2, 0.25) is 0 Å². The minimum atomic E-state index is 0.707. The predicted molar refractivity (Wildman–Crippen MR) is 80.3 cm³/mol. The van der Waals surface area contributed by atoms with Crippen molar-refractivity contribution in [3.63, 3.8) is 0 Å². The van der Waals surface area contributed by atoms with Crippen molar-refractivity contribution in [2.24, 2.45) is 0 Å². The molecule has 0 atom stereocenters. The first-order valence-electron chi connectivity index (χ1n) is 6.34. The van der Waals surface area contributed by atoms with E-state index in [1.54, 1.807) is 18.7 Å². The molecule has 5 nitrogen and oxygen atoms in total. The Morgan fingerprint density at radius 2 is 1.90 bits per heavy atom. The van der Waals surface area contributed by atoms with Crippen LogP contribution >= 0.6 is 0 Å². The fourth-order valence-corrected chi connectivity index (χ4v) is 2.20. The Kier molecular flexibility index (Phi) is 3.16. The van der Waals surface area contributed by atoms with Gasteiger partial charge in [0.25, 0.3) is 0 Å². The monoisotopic (exact) mass is 265 g/mol. The summed E-state index contributed by atoms with van der Waals surface area (Å²) in [6.45, 7) is 0.763. The van der Waals surface area contributed by atoms with Crippen LogP contribution in [0.5, 0.6) is 0 Å². The highest BCUT2D eigenvalue weighted by Crippen LogP contribution is 2.24. The molecule has 0 fully saturated rings. The van der Waals surface area contributed by atoms with E-state index in [0.717, 1.165) is 23.3 Å². The molecule has 0 unspecified atom stereocenters. The maximum Gasteiger partial charge on any atom is 0.139 e. The molecule has 2 heterocycles.